The number of aromatic nitrogens is 3. The van der Waals surface area contributed by atoms with Gasteiger partial charge in [-0.1, -0.05) is 6.07 Å². The van der Waals surface area contributed by atoms with Gasteiger partial charge in [0.25, 0.3) is 0 Å². The molecule has 2 aromatic rings. The molecule has 1 aromatic carbocycles. The average molecular weight is 370 g/mol. The third-order valence-electron chi connectivity index (χ3n) is 4.15. The molecule has 0 aliphatic carbocycles. The van der Waals surface area contributed by atoms with Crippen molar-refractivity contribution >= 4 is 5.96 Å². The molecule has 26 heavy (non-hydrogen) atoms. The summed E-state index contributed by atoms with van der Waals surface area (Å²) in [5.74, 6) is 1.08. The van der Waals surface area contributed by atoms with Crippen LogP contribution in [0.25, 0.3) is 0 Å². The van der Waals surface area contributed by atoms with E-state index in [4.69, 9.17) is 0 Å². The van der Waals surface area contributed by atoms with Gasteiger partial charge in [-0.25, -0.2) is 4.39 Å². The zero-order valence-electron chi connectivity index (χ0n) is 14.1. The van der Waals surface area contributed by atoms with Crippen molar-refractivity contribution in [2.24, 2.45) is 4.99 Å². The van der Waals surface area contributed by atoms with Gasteiger partial charge in [0.2, 0.25) is 0 Å². The Labute approximate surface area is 147 Å². The third-order valence-corrected chi connectivity index (χ3v) is 4.15. The van der Waals surface area contributed by atoms with E-state index in [2.05, 4.69) is 25.8 Å². The summed E-state index contributed by atoms with van der Waals surface area (Å²) in [6, 6.07) is 2.61. The fraction of sp³-hybridized carbons (Fsp3) is 0.438. The van der Waals surface area contributed by atoms with E-state index in [1.165, 1.54) is 7.05 Å². The van der Waals surface area contributed by atoms with Gasteiger partial charge < -0.3 is 15.2 Å². The van der Waals surface area contributed by atoms with Crippen molar-refractivity contribution in [3.8, 4) is 0 Å². The van der Waals surface area contributed by atoms with Crippen LogP contribution in [0.2, 0.25) is 0 Å². The lowest BCUT2D eigenvalue weighted by atomic mass is 10.1. The number of aliphatic imine (C=N–C) groups is 1. The molecule has 2 N–H and O–H groups in total. The first-order valence-electron chi connectivity index (χ1n) is 8.09. The number of fused-ring (bicyclic) bond motifs is 1. The van der Waals surface area contributed by atoms with Gasteiger partial charge in [-0.2, -0.15) is 13.2 Å². The molecule has 0 saturated heterocycles. The standard InChI is InChI=1S/C16H18F4N6/c1-21-15(23-9-14-25-24-13-3-2-6-26(13)14)22-8-10-4-5-11(17)7-12(10)16(18,19)20/h4-5,7H,2-3,6,8-9H2,1H3,(H2,21,22,23). The van der Waals surface area contributed by atoms with Crippen molar-refractivity contribution in [2.45, 2.75) is 38.7 Å². The molecule has 0 radical (unpaired) electrons. The summed E-state index contributed by atoms with van der Waals surface area (Å²) in [5.41, 5.74) is -1.07. The van der Waals surface area contributed by atoms with Gasteiger partial charge in [0.1, 0.15) is 11.6 Å². The second kappa shape index (κ2) is 7.30. The highest BCUT2D eigenvalue weighted by molar-refractivity contribution is 5.79. The molecule has 2 heterocycles. The van der Waals surface area contributed by atoms with Crippen molar-refractivity contribution < 1.29 is 17.6 Å². The minimum atomic E-state index is -4.63. The molecule has 6 nitrogen and oxygen atoms in total. The Balaban J connectivity index is 1.63. The Bertz CT molecular complexity index is 812. The Morgan fingerprint density at radius 3 is 2.73 bits per heavy atom. The van der Waals surface area contributed by atoms with E-state index < -0.39 is 17.6 Å². The van der Waals surface area contributed by atoms with Gasteiger partial charge in [0.15, 0.2) is 11.8 Å². The lowest BCUT2D eigenvalue weighted by Gasteiger charge is -2.16. The molecule has 1 aliphatic rings. The maximum Gasteiger partial charge on any atom is 0.416 e. The van der Waals surface area contributed by atoms with E-state index in [0.717, 1.165) is 43.2 Å². The zero-order valence-corrected chi connectivity index (χ0v) is 14.1. The smallest absolute Gasteiger partial charge is 0.352 e. The van der Waals surface area contributed by atoms with Crippen molar-refractivity contribution in [1.29, 1.82) is 0 Å². The number of alkyl halides is 3. The molecular formula is C16H18F4N6. The van der Waals surface area contributed by atoms with Crippen molar-refractivity contribution in [3.05, 3.63) is 46.8 Å². The fourth-order valence-corrected chi connectivity index (χ4v) is 2.87. The molecule has 1 aromatic heterocycles. The summed E-state index contributed by atoms with van der Waals surface area (Å²) in [5, 5.41) is 14.0. The Morgan fingerprint density at radius 1 is 1.23 bits per heavy atom. The quantitative estimate of drug-likeness (QED) is 0.492. The predicted molar refractivity (Wildman–Crippen MR) is 86.8 cm³/mol. The van der Waals surface area contributed by atoms with Crippen LogP contribution in [-0.4, -0.2) is 27.8 Å². The lowest BCUT2D eigenvalue weighted by molar-refractivity contribution is -0.138. The van der Waals surface area contributed by atoms with E-state index in [9.17, 15) is 17.6 Å². The number of rotatable bonds is 4. The molecule has 0 unspecified atom stereocenters. The number of aryl methyl sites for hydroxylation is 1. The largest absolute Gasteiger partial charge is 0.416 e. The maximum atomic E-state index is 13.2. The van der Waals surface area contributed by atoms with E-state index in [-0.39, 0.29) is 12.1 Å². The lowest BCUT2D eigenvalue weighted by Crippen LogP contribution is -2.37. The minimum Gasteiger partial charge on any atom is -0.352 e. The molecule has 10 heteroatoms. The minimum absolute atomic E-state index is 0.0646. The first kappa shape index (κ1) is 18.2. The van der Waals surface area contributed by atoms with Crippen LogP contribution in [-0.2, 0) is 32.2 Å². The summed E-state index contributed by atoms with van der Waals surface area (Å²) in [6.45, 7) is 1.06. The molecule has 0 spiro atoms. The van der Waals surface area contributed by atoms with Crippen LogP contribution in [0, 0.1) is 5.82 Å². The van der Waals surface area contributed by atoms with E-state index in [0.29, 0.717) is 18.6 Å². The van der Waals surface area contributed by atoms with Crippen molar-refractivity contribution in [2.75, 3.05) is 7.05 Å². The van der Waals surface area contributed by atoms with E-state index in [1.807, 2.05) is 4.57 Å². The predicted octanol–water partition coefficient (Wildman–Crippen LogP) is 2.25. The third kappa shape index (κ3) is 3.94. The van der Waals surface area contributed by atoms with Crippen molar-refractivity contribution in [3.63, 3.8) is 0 Å². The average Bonchev–Trinajstić information content (AvgIpc) is 3.19. The second-order valence-corrected chi connectivity index (χ2v) is 5.87. The molecule has 1 aliphatic heterocycles. The van der Waals surface area contributed by atoms with Crippen LogP contribution in [0.3, 0.4) is 0 Å². The fourth-order valence-electron chi connectivity index (χ4n) is 2.87. The monoisotopic (exact) mass is 370 g/mol. The Hall–Kier alpha value is -2.65. The second-order valence-electron chi connectivity index (χ2n) is 5.87. The molecule has 0 amide bonds. The summed E-state index contributed by atoms with van der Waals surface area (Å²) in [6.07, 6.45) is -2.71. The highest BCUT2D eigenvalue weighted by atomic mass is 19.4. The van der Waals surface area contributed by atoms with Gasteiger partial charge >= 0.3 is 6.18 Å². The summed E-state index contributed by atoms with van der Waals surface area (Å²) < 4.78 is 54.3. The van der Waals surface area contributed by atoms with Gasteiger partial charge in [0, 0.05) is 26.6 Å². The van der Waals surface area contributed by atoms with Crippen LogP contribution < -0.4 is 10.6 Å². The number of benzene rings is 1. The normalized spacial score (nSPS) is 14.4. The number of halogens is 4. The highest BCUT2D eigenvalue weighted by Crippen LogP contribution is 2.32. The van der Waals surface area contributed by atoms with Crippen LogP contribution in [0.4, 0.5) is 17.6 Å². The van der Waals surface area contributed by atoms with E-state index in [1.54, 1.807) is 0 Å². The Kier molecular flexibility index (Phi) is 5.10. The van der Waals surface area contributed by atoms with Crippen molar-refractivity contribution in [1.82, 2.24) is 25.4 Å². The van der Waals surface area contributed by atoms with Crippen LogP contribution in [0.15, 0.2) is 23.2 Å². The van der Waals surface area contributed by atoms with Crippen LogP contribution in [0.1, 0.15) is 29.2 Å². The molecule has 0 bridgehead atoms. The zero-order chi connectivity index (χ0) is 18.7. The Morgan fingerprint density at radius 2 is 2.00 bits per heavy atom. The molecular weight excluding hydrogens is 352 g/mol. The molecule has 0 fully saturated rings. The maximum absolute atomic E-state index is 13.2. The van der Waals surface area contributed by atoms with Crippen LogP contribution in [0.5, 0.6) is 0 Å². The highest BCUT2D eigenvalue weighted by Gasteiger charge is 2.33. The molecule has 0 saturated carbocycles. The molecule has 140 valence electrons. The number of nitrogens with one attached hydrogen (secondary N) is 2. The van der Waals surface area contributed by atoms with Gasteiger partial charge in [0.05, 0.1) is 12.1 Å². The SMILES string of the molecule is CN=C(NCc1ccc(F)cc1C(F)(F)F)NCc1nnc2n1CCC2. The van der Waals surface area contributed by atoms with Gasteiger partial charge in [-0.3, -0.25) is 4.99 Å². The van der Waals surface area contributed by atoms with Gasteiger partial charge in [-0.15, -0.1) is 10.2 Å². The number of guanidine groups is 1. The first-order chi connectivity index (χ1) is 12.4. The first-order valence-corrected chi connectivity index (χ1v) is 8.09. The van der Waals surface area contributed by atoms with Gasteiger partial charge in [-0.05, 0) is 24.1 Å². The number of hydrogen-bond donors (Lipinski definition) is 2. The number of nitrogens with zero attached hydrogens (tertiary/aromatic N) is 4. The van der Waals surface area contributed by atoms with Crippen LogP contribution >= 0.6 is 0 Å². The summed E-state index contributed by atoms with van der Waals surface area (Å²) in [7, 11) is 1.51. The topological polar surface area (TPSA) is 67.1 Å². The summed E-state index contributed by atoms with van der Waals surface area (Å²) in [4.78, 5) is 3.99. The summed E-state index contributed by atoms with van der Waals surface area (Å²) >= 11 is 0. The van der Waals surface area contributed by atoms with E-state index >= 15 is 0 Å². The molecule has 3 rings (SSSR count). The molecule has 0 atom stereocenters. The number of hydrogen-bond acceptors (Lipinski definition) is 3.